The van der Waals surface area contributed by atoms with E-state index in [0.29, 0.717) is 18.8 Å². The van der Waals surface area contributed by atoms with Crippen molar-refractivity contribution in [2.24, 2.45) is 17.3 Å². The number of carbonyl (C=O) groups excluding carboxylic acids is 1. The number of carbonyl (C=O) groups is 1. The van der Waals surface area contributed by atoms with Crippen LogP contribution in [-0.4, -0.2) is 36.8 Å². The largest absolute Gasteiger partial charge is 0.497 e. The van der Waals surface area contributed by atoms with Crippen LogP contribution >= 0.6 is 7.60 Å². The molecule has 7 heteroatoms. The summed E-state index contributed by atoms with van der Waals surface area (Å²) in [5.74, 6) is 4.74. The molecule has 1 N–H and O–H groups in total. The number of rotatable bonds is 6. The molecule has 6 nitrogen and oxygen atoms in total. The molecule has 38 heavy (non-hydrogen) atoms. The first-order valence-electron chi connectivity index (χ1n) is 13.9. The molecule has 0 bridgehead atoms. The van der Waals surface area contributed by atoms with Crippen LogP contribution in [0.2, 0.25) is 0 Å². The van der Waals surface area contributed by atoms with Gasteiger partial charge in [0.1, 0.15) is 11.4 Å². The minimum Gasteiger partial charge on any atom is -0.497 e. The summed E-state index contributed by atoms with van der Waals surface area (Å²) in [6.45, 7) is 6.13. The summed E-state index contributed by atoms with van der Waals surface area (Å²) in [5.41, 5.74) is 6.17. The van der Waals surface area contributed by atoms with Crippen molar-refractivity contribution in [3.05, 3.63) is 52.6 Å². The highest BCUT2D eigenvalue weighted by atomic mass is 31.2. The molecule has 5 rings (SSSR count). The Morgan fingerprint density at radius 3 is 2.45 bits per heavy atom. The Labute approximate surface area is 226 Å². The molecule has 1 aromatic carbocycles. The highest BCUT2D eigenvalue weighted by Crippen LogP contribution is 2.67. The lowest BCUT2D eigenvalue weighted by Gasteiger charge is -2.53. The Bertz CT molecular complexity index is 1260. The highest BCUT2D eigenvalue weighted by Gasteiger charge is 2.62. The lowest BCUT2D eigenvalue weighted by atomic mass is 9.51. The minimum atomic E-state index is -3.61. The van der Waals surface area contributed by atoms with E-state index in [1.54, 1.807) is 21.0 Å². The molecule has 2 fully saturated rings. The molecular weight excluding hydrogens is 499 g/mol. The first-order chi connectivity index (χ1) is 18.2. The number of ketones is 1. The molecule has 0 amide bonds. The lowest BCUT2D eigenvalue weighted by Crippen LogP contribution is -2.51. The predicted octanol–water partition coefficient (Wildman–Crippen LogP) is 6.55. The Balaban J connectivity index is 1.61. The fourth-order valence-electron chi connectivity index (χ4n) is 7.61. The van der Waals surface area contributed by atoms with Crippen molar-refractivity contribution in [1.29, 1.82) is 0 Å². The highest BCUT2D eigenvalue weighted by molar-refractivity contribution is 7.59. The van der Waals surface area contributed by atoms with Gasteiger partial charge in [0.05, 0.1) is 20.3 Å². The van der Waals surface area contributed by atoms with E-state index < -0.39 is 18.6 Å². The minimum absolute atomic E-state index is 0.0936. The van der Waals surface area contributed by atoms with Crippen LogP contribution in [0.4, 0.5) is 0 Å². The summed E-state index contributed by atoms with van der Waals surface area (Å²) >= 11 is 0. The SMILES string of the molecule is CCOP(=O)(C#C[C@]1(O)CC[C@H]2C3CCC4=CC(=O)CCC4=C3[C@@H](c3ccc(OC)cc3)C[C@@]21C)OCC. The molecule has 0 aromatic heterocycles. The van der Waals surface area contributed by atoms with E-state index in [1.807, 2.05) is 18.2 Å². The Morgan fingerprint density at radius 2 is 1.79 bits per heavy atom. The molecule has 204 valence electrons. The average molecular weight is 539 g/mol. The van der Waals surface area contributed by atoms with Crippen LogP contribution in [0.25, 0.3) is 0 Å². The van der Waals surface area contributed by atoms with Gasteiger partial charge in [0, 0.05) is 23.4 Å². The molecule has 0 aliphatic heterocycles. The smallest absolute Gasteiger partial charge is 0.405 e. The van der Waals surface area contributed by atoms with Gasteiger partial charge in [0.2, 0.25) is 0 Å². The van der Waals surface area contributed by atoms with Gasteiger partial charge < -0.3 is 9.84 Å². The second-order valence-electron chi connectivity index (χ2n) is 11.2. The molecule has 1 aromatic rings. The summed E-state index contributed by atoms with van der Waals surface area (Å²) in [5, 5.41) is 12.2. The van der Waals surface area contributed by atoms with Gasteiger partial charge in [-0.3, -0.25) is 13.8 Å². The van der Waals surface area contributed by atoms with Gasteiger partial charge in [-0.2, -0.15) is 0 Å². The lowest BCUT2D eigenvalue weighted by molar-refractivity contribution is -0.114. The Kier molecular flexibility index (Phi) is 7.52. The van der Waals surface area contributed by atoms with E-state index in [0.717, 1.165) is 37.9 Å². The summed E-state index contributed by atoms with van der Waals surface area (Å²) in [7, 11) is -1.95. The van der Waals surface area contributed by atoms with Crippen molar-refractivity contribution >= 4 is 13.4 Å². The van der Waals surface area contributed by atoms with Gasteiger partial charge in [-0.25, -0.2) is 4.57 Å². The van der Waals surface area contributed by atoms with Crippen LogP contribution in [0.15, 0.2) is 47.1 Å². The number of hydrogen-bond donors (Lipinski definition) is 1. The molecular formula is C31H39O6P. The Morgan fingerprint density at radius 1 is 1.08 bits per heavy atom. The number of benzene rings is 1. The maximum absolute atomic E-state index is 13.2. The molecule has 0 spiro atoms. The maximum Gasteiger partial charge on any atom is 0.405 e. The molecule has 0 radical (unpaired) electrons. The summed E-state index contributed by atoms with van der Waals surface area (Å²) in [4.78, 5) is 12.3. The zero-order chi connectivity index (χ0) is 27.1. The normalized spacial score (nSPS) is 32.5. The first-order valence-corrected chi connectivity index (χ1v) is 15.5. The molecule has 0 heterocycles. The fourth-order valence-corrected chi connectivity index (χ4v) is 8.81. The monoisotopic (exact) mass is 538 g/mol. The first kappa shape index (κ1) is 27.4. The average Bonchev–Trinajstić information content (AvgIpc) is 3.17. The van der Waals surface area contributed by atoms with Crippen LogP contribution in [0.1, 0.15) is 77.2 Å². The summed E-state index contributed by atoms with van der Waals surface area (Å²) in [6.07, 6.45) is 7.18. The summed E-state index contributed by atoms with van der Waals surface area (Å²) in [6, 6.07) is 8.24. The van der Waals surface area contributed by atoms with E-state index in [1.165, 1.54) is 22.3 Å². The second kappa shape index (κ2) is 10.4. The number of hydrogen-bond acceptors (Lipinski definition) is 6. The molecule has 0 saturated heterocycles. The number of fused-ring (bicyclic) bond motifs is 4. The Hall–Kier alpha value is -2.16. The van der Waals surface area contributed by atoms with E-state index in [9.17, 15) is 14.5 Å². The van der Waals surface area contributed by atoms with E-state index in [4.69, 9.17) is 13.8 Å². The number of methoxy groups -OCH3 is 1. The van der Waals surface area contributed by atoms with Gasteiger partial charge in [-0.05, 0) is 99.1 Å². The van der Waals surface area contributed by atoms with Crippen LogP contribution in [0, 0.1) is 28.8 Å². The third kappa shape index (κ3) is 4.62. The van der Waals surface area contributed by atoms with Crippen molar-refractivity contribution < 1.29 is 28.3 Å². The fraction of sp³-hybridized carbons (Fsp3) is 0.581. The van der Waals surface area contributed by atoms with E-state index >= 15 is 0 Å². The quantitative estimate of drug-likeness (QED) is 0.327. The molecule has 5 atom stereocenters. The van der Waals surface area contributed by atoms with Crippen molar-refractivity contribution in [3.63, 3.8) is 0 Å². The number of aliphatic hydroxyl groups is 1. The predicted molar refractivity (Wildman–Crippen MR) is 147 cm³/mol. The third-order valence-electron chi connectivity index (χ3n) is 9.40. The maximum atomic E-state index is 13.2. The van der Waals surface area contributed by atoms with Gasteiger partial charge in [-0.15, -0.1) is 0 Å². The molecule has 4 aliphatic rings. The van der Waals surface area contributed by atoms with Gasteiger partial charge >= 0.3 is 7.60 Å². The second-order valence-corrected chi connectivity index (χ2v) is 13.0. The van der Waals surface area contributed by atoms with E-state index in [2.05, 4.69) is 30.6 Å². The molecule has 1 unspecified atom stereocenters. The molecule has 2 saturated carbocycles. The number of ether oxygens (including phenoxy) is 1. The molecule has 4 aliphatic carbocycles. The van der Waals surface area contributed by atoms with Crippen molar-refractivity contribution in [2.75, 3.05) is 20.3 Å². The van der Waals surface area contributed by atoms with E-state index in [-0.39, 0.29) is 30.8 Å². The summed E-state index contributed by atoms with van der Waals surface area (Å²) < 4.78 is 29.4. The topological polar surface area (TPSA) is 82.1 Å². The van der Waals surface area contributed by atoms with Crippen molar-refractivity contribution in [1.82, 2.24) is 0 Å². The van der Waals surface area contributed by atoms with Gasteiger partial charge in [0.25, 0.3) is 0 Å². The van der Waals surface area contributed by atoms with Crippen molar-refractivity contribution in [3.8, 4) is 17.3 Å². The zero-order valence-corrected chi connectivity index (χ0v) is 23.8. The zero-order valence-electron chi connectivity index (χ0n) is 22.9. The van der Waals surface area contributed by atoms with Crippen LogP contribution in [0.5, 0.6) is 5.75 Å². The van der Waals surface area contributed by atoms with Crippen LogP contribution in [0.3, 0.4) is 0 Å². The van der Waals surface area contributed by atoms with Crippen LogP contribution in [-0.2, 0) is 18.4 Å². The third-order valence-corrected chi connectivity index (χ3v) is 11.0. The van der Waals surface area contributed by atoms with Crippen molar-refractivity contribution in [2.45, 2.75) is 77.2 Å². The van der Waals surface area contributed by atoms with Crippen LogP contribution < -0.4 is 4.74 Å². The van der Waals surface area contributed by atoms with Gasteiger partial charge in [-0.1, -0.05) is 30.6 Å². The van der Waals surface area contributed by atoms with Gasteiger partial charge in [0.15, 0.2) is 5.78 Å². The standard InChI is InChI=1S/C31H39O6P/c1-5-36-38(34,37-6-2)18-17-31(33)16-15-28-26-13-9-22-19-23(32)10-14-25(22)29(26)27(20-30(28,31)3)21-7-11-24(35-4)12-8-21/h7-8,11-12,19,26-28,33H,5-6,9-10,13-16,20H2,1-4H3/t26?,27-,28+,30+,31-/m1/s1. The number of allylic oxidation sites excluding steroid dienone is 4.